The van der Waals surface area contributed by atoms with Crippen molar-refractivity contribution in [2.24, 2.45) is 0 Å². The van der Waals surface area contributed by atoms with Gasteiger partial charge >= 0.3 is 5.97 Å². The SMILES string of the molecule is COc1ccc(S(=O)(=O)CC(=O)OC2CN(c3nc4ccc(F)cc4s3)C2)cc1. The molecule has 0 aliphatic carbocycles. The minimum Gasteiger partial charge on any atom is -0.497 e. The van der Waals surface area contributed by atoms with Crippen LogP contribution >= 0.6 is 11.3 Å². The van der Waals surface area contributed by atoms with Crippen molar-refractivity contribution in [3.05, 3.63) is 48.3 Å². The Labute approximate surface area is 170 Å². The fourth-order valence-corrected chi connectivity index (χ4v) is 5.04. The molecular formula is C19H17FN2O5S2. The third-order valence-electron chi connectivity index (χ3n) is 4.48. The second-order valence-electron chi connectivity index (χ2n) is 6.56. The average Bonchev–Trinajstić information content (AvgIpc) is 3.06. The number of aromatic nitrogens is 1. The zero-order valence-electron chi connectivity index (χ0n) is 15.4. The summed E-state index contributed by atoms with van der Waals surface area (Å²) in [4.78, 5) is 18.5. The molecule has 7 nitrogen and oxygen atoms in total. The first kappa shape index (κ1) is 19.6. The van der Waals surface area contributed by atoms with E-state index in [1.54, 1.807) is 6.07 Å². The maximum absolute atomic E-state index is 13.3. The van der Waals surface area contributed by atoms with E-state index < -0.39 is 27.7 Å². The number of methoxy groups -OCH3 is 1. The molecule has 1 aliphatic heterocycles. The molecule has 2 heterocycles. The van der Waals surface area contributed by atoms with E-state index in [0.717, 1.165) is 4.70 Å². The van der Waals surface area contributed by atoms with Crippen LogP contribution in [0.5, 0.6) is 5.75 Å². The van der Waals surface area contributed by atoms with Gasteiger partial charge in [0.15, 0.2) is 20.7 Å². The van der Waals surface area contributed by atoms with Gasteiger partial charge in [-0.2, -0.15) is 0 Å². The van der Waals surface area contributed by atoms with Gasteiger partial charge < -0.3 is 14.4 Å². The largest absolute Gasteiger partial charge is 0.497 e. The fourth-order valence-electron chi connectivity index (χ4n) is 2.93. The fraction of sp³-hybridized carbons (Fsp3) is 0.263. The van der Waals surface area contributed by atoms with Crippen molar-refractivity contribution in [1.29, 1.82) is 0 Å². The van der Waals surface area contributed by atoms with E-state index in [0.29, 0.717) is 29.5 Å². The molecular weight excluding hydrogens is 419 g/mol. The van der Waals surface area contributed by atoms with E-state index in [-0.39, 0.29) is 10.7 Å². The number of benzene rings is 2. The van der Waals surface area contributed by atoms with Crippen molar-refractivity contribution in [2.75, 3.05) is 30.9 Å². The number of hydrogen-bond acceptors (Lipinski definition) is 8. The number of sulfone groups is 1. The summed E-state index contributed by atoms with van der Waals surface area (Å²) in [6.45, 7) is 0.827. The van der Waals surface area contributed by atoms with Crippen molar-refractivity contribution < 1.29 is 27.1 Å². The molecule has 0 atom stereocenters. The van der Waals surface area contributed by atoms with Gasteiger partial charge in [-0.15, -0.1) is 0 Å². The number of rotatable bonds is 6. The van der Waals surface area contributed by atoms with Crippen molar-refractivity contribution in [1.82, 2.24) is 4.98 Å². The van der Waals surface area contributed by atoms with Gasteiger partial charge in [0.25, 0.3) is 0 Å². The second kappa shape index (κ2) is 7.60. The quantitative estimate of drug-likeness (QED) is 0.549. The first-order valence-corrected chi connectivity index (χ1v) is 11.2. The predicted molar refractivity (Wildman–Crippen MR) is 107 cm³/mol. The summed E-state index contributed by atoms with van der Waals surface area (Å²) in [6.07, 6.45) is -0.405. The van der Waals surface area contributed by atoms with Crippen molar-refractivity contribution in [2.45, 2.75) is 11.0 Å². The van der Waals surface area contributed by atoms with Crippen LogP contribution in [-0.2, 0) is 19.4 Å². The summed E-state index contributed by atoms with van der Waals surface area (Å²) < 4.78 is 49.0. The molecule has 4 rings (SSSR count). The topological polar surface area (TPSA) is 85.8 Å². The number of anilines is 1. The molecule has 0 saturated carbocycles. The van der Waals surface area contributed by atoms with Crippen LogP contribution in [0, 0.1) is 5.82 Å². The van der Waals surface area contributed by atoms with Crippen molar-refractivity contribution >= 4 is 42.5 Å². The number of halogens is 1. The van der Waals surface area contributed by atoms with Gasteiger partial charge in [-0.25, -0.2) is 17.8 Å². The van der Waals surface area contributed by atoms with Crippen LogP contribution < -0.4 is 9.64 Å². The van der Waals surface area contributed by atoms with E-state index >= 15 is 0 Å². The Kier molecular flexibility index (Phi) is 5.13. The summed E-state index contributed by atoms with van der Waals surface area (Å²) in [7, 11) is -2.31. The molecule has 10 heteroatoms. The summed E-state index contributed by atoms with van der Waals surface area (Å²) in [5.41, 5.74) is 0.706. The highest BCUT2D eigenvalue weighted by molar-refractivity contribution is 7.92. The molecule has 152 valence electrons. The monoisotopic (exact) mass is 436 g/mol. The minimum atomic E-state index is -3.79. The van der Waals surface area contributed by atoms with Crippen LogP contribution in [0.1, 0.15) is 0 Å². The first-order chi connectivity index (χ1) is 13.8. The predicted octanol–water partition coefficient (Wildman–Crippen LogP) is 2.65. The Morgan fingerprint density at radius 2 is 1.97 bits per heavy atom. The Morgan fingerprint density at radius 1 is 1.24 bits per heavy atom. The highest BCUT2D eigenvalue weighted by Gasteiger charge is 2.33. The number of hydrogen-bond donors (Lipinski definition) is 0. The van der Waals surface area contributed by atoms with Gasteiger partial charge in [0, 0.05) is 0 Å². The van der Waals surface area contributed by atoms with Gasteiger partial charge in [-0.05, 0) is 42.5 Å². The van der Waals surface area contributed by atoms with Gasteiger partial charge in [-0.1, -0.05) is 11.3 Å². The second-order valence-corrected chi connectivity index (χ2v) is 9.56. The number of fused-ring (bicyclic) bond motifs is 1. The van der Waals surface area contributed by atoms with Gasteiger partial charge in [0.05, 0.1) is 35.3 Å². The van der Waals surface area contributed by atoms with Crippen LogP contribution in [0.4, 0.5) is 9.52 Å². The van der Waals surface area contributed by atoms with E-state index in [4.69, 9.17) is 9.47 Å². The molecule has 2 aromatic carbocycles. The molecule has 0 bridgehead atoms. The summed E-state index contributed by atoms with van der Waals surface area (Å²) in [5, 5.41) is 0.712. The Balaban J connectivity index is 1.32. The average molecular weight is 436 g/mol. The molecule has 3 aromatic rings. The number of esters is 1. The van der Waals surface area contributed by atoms with Gasteiger partial charge in [0.2, 0.25) is 0 Å². The summed E-state index contributed by atoms with van der Waals surface area (Å²) >= 11 is 1.35. The van der Waals surface area contributed by atoms with E-state index in [9.17, 15) is 17.6 Å². The molecule has 0 radical (unpaired) electrons. The smallest absolute Gasteiger partial charge is 0.321 e. The van der Waals surface area contributed by atoms with E-state index in [2.05, 4.69) is 4.98 Å². The lowest BCUT2D eigenvalue weighted by Gasteiger charge is -2.38. The molecule has 0 spiro atoms. The molecule has 1 saturated heterocycles. The van der Waals surface area contributed by atoms with Crippen LogP contribution in [0.3, 0.4) is 0 Å². The van der Waals surface area contributed by atoms with Crippen LogP contribution in [0.2, 0.25) is 0 Å². The lowest BCUT2D eigenvalue weighted by Crippen LogP contribution is -2.53. The molecule has 1 fully saturated rings. The maximum Gasteiger partial charge on any atom is 0.321 e. The Morgan fingerprint density at radius 3 is 2.66 bits per heavy atom. The molecule has 29 heavy (non-hydrogen) atoms. The van der Waals surface area contributed by atoms with Crippen molar-refractivity contribution in [3.8, 4) is 5.75 Å². The zero-order chi connectivity index (χ0) is 20.6. The number of nitrogens with zero attached hydrogens (tertiary/aromatic N) is 2. The summed E-state index contributed by atoms with van der Waals surface area (Å²) in [6, 6.07) is 10.2. The van der Waals surface area contributed by atoms with E-state index in [1.807, 2.05) is 4.90 Å². The lowest BCUT2D eigenvalue weighted by molar-refractivity contribution is -0.146. The number of thiazole rings is 1. The van der Waals surface area contributed by atoms with Gasteiger partial charge in [0.1, 0.15) is 17.7 Å². The highest BCUT2D eigenvalue weighted by Crippen LogP contribution is 2.32. The Bertz CT molecular complexity index is 1160. The molecule has 1 aliphatic rings. The number of carbonyl (C=O) groups excluding carboxylic acids is 1. The normalized spacial score (nSPS) is 14.6. The van der Waals surface area contributed by atoms with Crippen molar-refractivity contribution in [3.63, 3.8) is 0 Å². The molecule has 0 amide bonds. The highest BCUT2D eigenvalue weighted by atomic mass is 32.2. The van der Waals surface area contributed by atoms with Gasteiger partial charge in [-0.3, -0.25) is 4.79 Å². The number of carbonyl (C=O) groups is 1. The zero-order valence-corrected chi connectivity index (χ0v) is 17.0. The molecule has 1 aromatic heterocycles. The number of ether oxygens (including phenoxy) is 2. The molecule has 0 unspecified atom stereocenters. The first-order valence-electron chi connectivity index (χ1n) is 8.71. The standard InChI is InChI=1S/C19H17FN2O5S2/c1-26-13-3-5-15(6-4-13)29(24,25)11-18(23)27-14-9-22(10-14)19-21-16-7-2-12(20)8-17(16)28-19/h2-8,14H,9-11H2,1H3. The third kappa shape index (κ3) is 4.18. The van der Waals surface area contributed by atoms with Crippen LogP contribution in [0.25, 0.3) is 10.2 Å². The third-order valence-corrected chi connectivity index (χ3v) is 7.17. The van der Waals surface area contributed by atoms with Crippen LogP contribution in [0.15, 0.2) is 47.4 Å². The summed E-state index contributed by atoms with van der Waals surface area (Å²) in [5.74, 6) is -1.31. The lowest BCUT2D eigenvalue weighted by atomic mass is 10.2. The maximum atomic E-state index is 13.3. The van der Waals surface area contributed by atoms with E-state index in [1.165, 1.54) is 54.8 Å². The minimum absolute atomic E-state index is 0.0344. The Hall–Kier alpha value is -2.72. The molecule has 0 N–H and O–H groups in total. The van der Waals surface area contributed by atoms with Crippen LogP contribution in [-0.4, -0.2) is 51.4 Å².